The Morgan fingerprint density at radius 1 is 0.970 bits per heavy atom. The highest BCUT2D eigenvalue weighted by molar-refractivity contribution is 7.92. The zero-order chi connectivity index (χ0) is 24.1. The molecule has 0 fully saturated rings. The molecule has 0 saturated carbocycles. The largest absolute Gasteiger partial charge is 0.492 e. The average Bonchev–Trinajstić information content (AvgIpc) is 2.77. The highest BCUT2D eigenvalue weighted by Gasteiger charge is 2.16. The third kappa shape index (κ3) is 6.73. The molecule has 6 nitrogen and oxygen atoms in total. The maximum Gasteiger partial charge on any atom is 0.261 e. The molecule has 0 atom stereocenters. The van der Waals surface area contributed by atoms with Crippen molar-refractivity contribution in [2.45, 2.75) is 31.1 Å². The summed E-state index contributed by atoms with van der Waals surface area (Å²) < 4.78 is 33.0. The first-order valence-electron chi connectivity index (χ1n) is 10.5. The molecule has 1 amide bonds. The third-order valence-corrected chi connectivity index (χ3v) is 6.61. The van der Waals surface area contributed by atoms with Crippen LogP contribution in [0.15, 0.2) is 77.7 Å². The topological polar surface area (TPSA) is 84.5 Å². The van der Waals surface area contributed by atoms with Gasteiger partial charge in [-0.05, 0) is 53.4 Å². The van der Waals surface area contributed by atoms with Crippen molar-refractivity contribution in [3.63, 3.8) is 0 Å². The van der Waals surface area contributed by atoms with Gasteiger partial charge < -0.3 is 10.1 Å². The van der Waals surface area contributed by atoms with Crippen molar-refractivity contribution < 1.29 is 17.9 Å². The molecule has 0 aliphatic rings. The van der Waals surface area contributed by atoms with Crippen molar-refractivity contribution in [1.29, 1.82) is 0 Å². The van der Waals surface area contributed by atoms with Gasteiger partial charge in [0.05, 0.1) is 27.7 Å². The predicted molar refractivity (Wildman–Crippen MR) is 132 cm³/mol. The second-order valence-corrected chi connectivity index (χ2v) is 10.6. The predicted octanol–water partition coefficient (Wildman–Crippen LogP) is 5.25. The van der Waals surface area contributed by atoms with E-state index in [-0.39, 0.29) is 32.5 Å². The first-order valence-corrected chi connectivity index (χ1v) is 12.3. The fraction of sp³-hybridized carbons (Fsp3) is 0.240. The Bertz CT molecular complexity index is 1210. The second-order valence-electron chi connectivity index (χ2n) is 8.49. The van der Waals surface area contributed by atoms with Crippen LogP contribution < -0.4 is 14.8 Å². The Morgan fingerprint density at radius 3 is 2.24 bits per heavy atom. The van der Waals surface area contributed by atoms with Crippen LogP contribution in [0, 0.1) is 0 Å². The van der Waals surface area contributed by atoms with Gasteiger partial charge in [0.25, 0.3) is 15.9 Å². The first kappa shape index (κ1) is 24.6. The molecule has 0 bridgehead atoms. The Labute approximate surface area is 200 Å². The Morgan fingerprint density at radius 2 is 1.64 bits per heavy atom. The molecule has 0 aromatic heterocycles. The van der Waals surface area contributed by atoms with Crippen LogP contribution in [0.1, 0.15) is 36.7 Å². The van der Waals surface area contributed by atoms with E-state index in [1.807, 2.05) is 24.3 Å². The van der Waals surface area contributed by atoms with E-state index in [9.17, 15) is 13.2 Å². The summed E-state index contributed by atoms with van der Waals surface area (Å²) in [6.07, 6.45) is 0. The number of sulfonamides is 1. The highest BCUT2D eigenvalue weighted by atomic mass is 35.5. The minimum Gasteiger partial charge on any atom is -0.492 e. The summed E-state index contributed by atoms with van der Waals surface area (Å²) in [4.78, 5) is 12.6. The van der Waals surface area contributed by atoms with Gasteiger partial charge in [-0.3, -0.25) is 9.52 Å². The van der Waals surface area contributed by atoms with Crippen molar-refractivity contribution in [1.82, 2.24) is 5.32 Å². The summed E-state index contributed by atoms with van der Waals surface area (Å²) in [5, 5.41) is 2.89. The van der Waals surface area contributed by atoms with Crippen LogP contribution in [0.2, 0.25) is 5.02 Å². The molecule has 3 aromatic rings. The second kappa shape index (κ2) is 10.3. The highest BCUT2D eigenvalue weighted by Crippen LogP contribution is 2.25. The number of benzene rings is 3. The van der Waals surface area contributed by atoms with Crippen LogP contribution in [-0.2, 0) is 15.4 Å². The average molecular weight is 487 g/mol. The Kier molecular flexibility index (Phi) is 7.66. The number of hydrogen-bond donors (Lipinski definition) is 2. The van der Waals surface area contributed by atoms with Gasteiger partial charge in [0.2, 0.25) is 0 Å². The number of nitrogens with one attached hydrogen (secondary N) is 2. The number of anilines is 1. The number of carbonyl (C=O) groups excluding carboxylic acids is 1. The first-order chi connectivity index (χ1) is 15.6. The van der Waals surface area contributed by atoms with Gasteiger partial charge in [0, 0.05) is 0 Å². The lowest BCUT2D eigenvalue weighted by atomic mass is 9.87. The smallest absolute Gasteiger partial charge is 0.261 e. The molecule has 8 heteroatoms. The van der Waals surface area contributed by atoms with Gasteiger partial charge in [0.1, 0.15) is 12.4 Å². The molecule has 0 radical (unpaired) electrons. The van der Waals surface area contributed by atoms with E-state index >= 15 is 0 Å². The van der Waals surface area contributed by atoms with Crippen LogP contribution in [-0.4, -0.2) is 27.5 Å². The van der Waals surface area contributed by atoms with Crippen molar-refractivity contribution in [2.75, 3.05) is 17.9 Å². The van der Waals surface area contributed by atoms with Crippen LogP contribution in [0.3, 0.4) is 0 Å². The monoisotopic (exact) mass is 486 g/mol. The van der Waals surface area contributed by atoms with Crippen LogP contribution >= 0.6 is 11.6 Å². The quantitative estimate of drug-likeness (QED) is 0.426. The summed E-state index contributed by atoms with van der Waals surface area (Å²) in [5.74, 6) is 0.356. The number of hydrogen-bond acceptors (Lipinski definition) is 4. The van der Waals surface area contributed by atoms with E-state index < -0.39 is 10.0 Å². The van der Waals surface area contributed by atoms with Gasteiger partial charge in [-0.25, -0.2) is 8.42 Å². The van der Waals surface area contributed by atoms with Crippen LogP contribution in [0.4, 0.5) is 5.69 Å². The molecule has 0 aliphatic carbocycles. The molecule has 33 heavy (non-hydrogen) atoms. The van der Waals surface area contributed by atoms with Crippen molar-refractivity contribution in [3.8, 4) is 5.75 Å². The molecule has 0 spiro atoms. The normalized spacial score (nSPS) is 11.6. The standard InChI is InChI=1S/C25H27ClN2O4S/c1-25(2,3)18-9-12-20(13-10-18)32-16-15-27-24(29)22-14-11-19(17-23(22)26)28-33(30,31)21-7-5-4-6-8-21/h4-14,17,28H,15-16H2,1-3H3,(H,27,29). The number of carbonyl (C=O) groups is 1. The summed E-state index contributed by atoms with van der Waals surface area (Å²) in [6.45, 7) is 7.03. The molecule has 3 rings (SSSR count). The van der Waals surface area contributed by atoms with Gasteiger partial charge in [-0.15, -0.1) is 0 Å². The molecule has 0 unspecified atom stereocenters. The van der Waals surface area contributed by atoms with E-state index in [0.717, 1.165) is 5.75 Å². The Balaban J connectivity index is 1.53. The Hall–Kier alpha value is -3.03. The lowest BCUT2D eigenvalue weighted by Gasteiger charge is -2.19. The summed E-state index contributed by atoms with van der Waals surface area (Å²) in [5.41, 5.74) is 1.80. The minimum atomic E-state index is -3.74. The molecule has 0 heterocycles. The summed E-state index contributed by atoms with van der Waals surface area (Å²) >= 11 is 6.23. The van der Waals surface area contributed by atoms with Crippen LogP contribution in [0.25, 0.3) is 0 Å². The molecule has 2 N–H and O–H groups in total. The zero-order valence-electron chi connectivity index (χ0n) is 18.8. The molecule has 0 aliphatic heterocycles. The number of rotatable bonds is 8. The van der Waals surface area contributed by atoms with Gasteiger partial charge in [-0.1, -0.05) is 62.7 Å². The number of amides is 1. The minimum absolute atomic E-state index is 0.0720. The molecular formula is C25H27ClN2O4S. The molecule has 0 saturated heterocycles. The lowest BCUT2D eigenvalue weighted by Crippen LogP contribution is -2.28. The van der Waals surface area contributed by atoms with E-state index in [1.165, 1.54) is 35.9 Å². The summed E-state index contributed by atoms with van der Waals surface area (Å²) in [7, 11) is -3.74. The fourth-order valence-corrected chi connectivity index (χ4v) is 4.39. The van der Waals surface area contributed by atoms with E-state index in [0.29, 0.717) is 13.2 Å². The summed E-state index contributed by atoms with van der Waals surface area (Å²) in [6, 6.07) is 20.3. The van der Waals surface area contributed by atoms with E-state index in [2.05, 4.69) is 30.8 Å². The van der Waals surface area contributed by atoms with Crippen molar-refractivity contribution >= 4 is 33.2 Å². The van der Waals surface area contributed by atoms with Gasteiger partial charge >= 0.3 is 0 Å². The van der Waals surface area contributed by atoms with Gasteiger partial charge in [-0.2, -0.15) is 0 Å². The van der Waals surface area contributed by atoms with E-state index in [4.69, 9.17) is 16.3 Å². The van der Waals surface area contributed by atoms with Crippen molar-refractivity contribution in [2.24, 2.45) is 0 Å². The number of halogens is 1. The molecule has 3 aromatic carbocycles. The van der Waals surface area contributed by atoms with Crippen LogP contribution in [0.5, 0.6) is 5.75 Å². The molecule has 174 valence electrons. The third-order valence-electron chi connectivity index (χ3n) is 4.90. The fourth-order valence-electron chi connectivity index (χ4n) is 3.06. The maximum atomic E-state index is 12.5. The molecular weight excluding hydrogens is 460 g/mol. The van der Waals surface area contributed by atoms with Gasteiger partial charge in [0.15, 0.2) is 0 Å². The van der Waals surface area contributed by atoms with Crippen molar-refractivity contribution in [3.05, 3.63) is 88.9 Å². The lowest BCUT2D eigenvalue weighted by molar-refractivity contribution is 0.0947. The zero-order valence-corrected chi connectivity index (χ0v) is 20.3. The maximum absolute atomic E-state index is 12.5. The number of ether oxygens (including phenoxy) is 1. The SMILES string of the molecule is CC(C)(C)c1ccc(OCCNC(=O)c2ccc(NS(=O)(=O)c3ccccc3)cc2Cl)cc1. The van der Waals surface area contributed by atoms with E-state index in [1.54, 1.807) is 18.2 Å².